The van der Waals surface area contributed by atoms with Gasteiger partial charge in [0, 0.05) is 25.1 Å². The molecule has 3 heterocycles. The third kappa shape index (κ3) is 4.97. The number of nitrogens with one attached hydrogen (secondary N) is 2. The minimum Gasteiger partial charge on any atom is -0.493 e. The average Bonchev–Trinajstić information content (AvgIpc) is 3.28. The van der Waals surface area contributed by atoms with Crippen LogP contribution in [-0.4, -0.2) is 35.1 Å². The monoisotopic (exact) mass is 449 g/mol. The molecule has 5 rings (SSSR count). The first-order valence-electron chi connectivity index (χ1n) is 12.1. The smallest absolute Gasteiger partial charge is 0.305 e. The number of rotatable bonds is 7. The summed E-state index contributed by atoms with van der Waals surface area (Å²) in [5, 5.41) is 15.7. The van der Waals surface area contributed by atoms with Gasteiger partial charge in [-0.2, -0.15) is 0 Å². The van der Waals surface area contributed by atoms with Gasteiger partial charge in [-0.05, 0) is 72.8 Å². The summed E-state index contributed by atoms with van der Waals surface area (Å²) in [4.78, 5) is 29.1. The van der Waals surface area contributed by atoms with Crippen LogP contribution in [0.1, 0.15) is 66.1 Å². The molecule has 0 radical (unpaired) electrons. The molecule has 174 valence electrons. The highest BCUT2D eigenvalue weighted by atomic mass is 16.5. The van der Waals surface area contributed by atoms with E-state index < -0.39 is 12.0 Å². The number of aromatic nitrogens is 1. The van der Waals surface area contributed by atoms with Crippen LogP contribution in [0.5, 0.6) is 5.75 Å². The normalized spacial score (nSPS) is 19.3. The molecule has 2 aliphatic heterocycles. The molecule has 7 heteroatoms. The molecule has 1 aromatic carbocycles. The molecule has 3 N–H and O–H groups in total. The molecule has 1 amide bonds. The number of carbonyl (C=O) groups excluding carboxylic acids is 1. The molecule has 7 nitrogen and oxygen atoms in total. The van der Waals surface area contributed by atoms with Crippen molar-refractivity contribution in [2.24, 2.45) is 5.92 Å². The Morgan fingerprint density at radius 2 is 2.09 bits per heavy atom. The van der Waals surface area contributed by atoms with Crippen LogP contribution in [0.4, 0.5) is 5.82 Å². The van der Waals surface area contributed by atoms with Crippen molar-refractivity contribution >= 4 is 17.7 Å². The fraction of sp³-hybridized carbons (Fsp3) is 0.500. The summed E-state index contributed by atoms with van der Waals surface area (Å²) < 4.78 is 5.62. The first kappa shape index (κ1) is 21.7. The predicted molar refractivity (Wildman–Crippen MR) is 125 cm³/mol. The lowest BCUT2D eigenvalue weighted by molar-refractivity contribution is -0.137. The summed E-state index contributed by atoms with van der Waals surface area (Å²) in [7, 11) is 0. The van der Waals surface area contributed by atoms with E-state index in [9.17, 15) is 14.7 Å². The zero-order valence-electron chi connectivity index (χ0n) is 18.9. The van der Waals surface area contributed by atoms with Gasteiger partial charge < -0.3 is 20.5 Å². The van der Waals surface area contributed by atoms with Crippen LogP contribution < -0.4 is 15.4 Å². The summed E-state index contributed by atoms with van der Waals surface area (Å²) in [6.07, 6.45) is 7.12. The van der Waals surface area contributed by atoms with Crippen molar-refractivity contribution in [3.8, 4) is 5.75 Å². The number of anilines is 1. The van der Waals surface area contributed by atoms with Crippen LogP contribution in [0.25, 0.3) is 0 Å². The number of pyridine rings is 1. The molecule has 0 spiro atoms. The number of carboxylic acids is 1. The van der Waals surface area contributed by atoms with E-state index in [1.54, 1.807) is 0 Å². The maximum Gasteiger partial charge on any atom is 0.305 e. The van der Waals surface area contributed by atoms with E-state index in [0.717, 1.165) is 74.2 Å². The standard InChI is InChI=1S/C26H31N3O4/c30-24(28-22(15-25(31)32)19-7-6-17-9-11-33-23(17)14-19)8-4-16-3-5-18-13-20-2-1-10-27-26(20)29-21(18)12-16/h6-7,13-14,16,22H,1-5,8-12,15H2,(H,27,29)(H,28,30)(H,31,32). The van der Waals surface area contributed by atoms with Crippen LogP contribution in [0.2, 0.25) is 0 Å². The molecule has 2 atom stereocenters. The van der Waals surface area contributed by atoms with Gasteiger partial charge in [-0.25, -0.2) is 4.98 Å². The van der Waals surface area contributed by atoms with Crippen LogP contribution >= 0.6 is 0 Å². The number of fused-ring (bicyclic) bond motifs is 3. The number of ether oxygens (including phenoxy) is 1. The predicted octanol–water partition coefficient (Wildman–Crippen LogP) is 3.59. The lowest BCUT2D eigenvalue weighted by Gasteiger charge is -2.27. The van der Waals surface area contributed by atoms with Gasteiger partial charge in [-0.15, -0.1) is 0 Å². The molecule has 3 aliphatic rings. The quantitative estimate of drug-likeness (QED) is 0.597. The van der Waals surface area contributed by atoms with Gasteiger partial charge in [0.15, 0.2) is 0 Å². The number of aliphatic carboxylic acids is 1. The van der Waals surface area contributed by atoms with Crippen molar-refractivity contribution in [3.63, 3.8) is 0 Å². The van der Waals surface area contributed by atoms with Gasteiger partial charge in [-0.3, -0.25) is 9.59 Å². The van der Waals surface area contributed by atoms with Crippen molar-refractivity contribution in [2.45, 2.75) is 63.8 Å². The van der Waals surface area contributed by atoms with E-state index in [0.29, 0.717) is 18.9 Å². The van der Waals surface area contributed by atoms with Gasteiger partial charge >= 0.3 is 5.97 Å². The molecular formula is C26H31N3O4. The molecule has 0 bridgehead atoms. The van der Waals surface area contributed by atoms with E-state index >= 15 is 0 Å². The molecular weight excluding hydrogens is 418 g/mol. The van der Waals surface area contributed by atoms with E-state index in [4.69, 9.17) is 9.72 Å². The van der Waals surface area contributed by atoms with E-state index in [2.05, 4.69) is 16.7 Å². The highest BCUT2D eigenvalue weighted by molar-refractivity contribution is 5.77. The Hall–Kier alpha value is -3.09. The molecule has 0 saturated heterocycles. The zero-order chi connectivity index (χ0) is 22.8. The Morgan fingerprint density at radius 1 is 1.18 bits per heavy atom. The number of hydrogen-bond donors (Lipinski definition) is 3. The summed E-state index contributed by atoms with van der Waals surface area (Å²) in [5.74, 6) is 1.21. The third-order valence-electron chi connectivity index (χ3n) is 7.11. The Labute approximate surface area is 193 Å². The van der Waals surface area contributed by atoms with Crippen molar-refractivity contribution in [2.75, 3.05) is 18.5 Å². The minimum absolute atomic E-state index is 0.103. The molecule has 2 aromatic rings. The number of benzene rings is 1. The molecule has 1 aliphatic carbocycles. The summed E-state index contributed by atoms with van der Waals surface area (Å²) in [6.45, 7) is 1.63. The Morgan fingerprint density at radius 3 is 2.97 bits per heavy atom. The number of carbonyl (C=O) groups is 2. The first-order valence-corrected chi connectivity index (χ1v) is 12.1. The van der Waals surface area contributed by atoms with Crippen LogP contribution in [-0.2, 0) is 35.3 Å². The fourth-order valence-corrected chi connectivity index (χ4v) is 5.27. The summed E-state index contributed by atoms with van der Waals surface area (Å²) >= 11 is 0. The van der Waals surface area contributed by atoms with Crippen LogP contribution in [0.3, 0.4) is 0 Å². The number of hydrogen-bond acceptors (Lipinski definition) is 5. The van der Waals surface area contributed by atoms with E-state index in [-0.39, 0.29) is 12.3 Å². The number of amides is 1. The lowest BCUT2D eigenvalue weighted by atomic mass is 9.83. The van der Waals surface area contributed by atoms with Gasteiger partial charge in [0.25, 0.3) is 0 Å². The SMILES string of the molecule is O=C(O)CC(NC(=O)CCC1CCc2cc3c(nc2C1)NCCC3)c1ccc2c(c1)OCC2. The Kier molecular flexibility index (Phi) is 6.20. The molecule has 0 fully saturated rings. The van der Waals surface area contributed by atoms with Crippen LogP contribution in [0.15, 0.2) is 24.3 Å². The van der Waals surface area contributed by atoms with Crippen LogP contribution in [0, 0.1) is 5.92 Å². The first-order chi connectivity index (χ1) is 16.0. The van der Waals surface area contributed by atoms with Gasteiger partial charge in [-0.1, -0.05) is 18.2 Å². The van der Waals surface area contributed by atoms with E-state index in [1.807, 2.05) is 18.2 Å². The van der Waals surface area contributed by atoms with Crippen molar-refractivity contribution in [1.82, 2.24) is 10.3 Å². The van der Waals surface area contributed by atoms with Crippen molar-refractivity contribution < 1.29 is 19.4 Å². The maximum absolute atomic E-state index is 12.8. The zero-order valence-corrected chi connectivity index (χ0v) is 18.9. The number of nitrogens with zero attached hydrogens (tertiary/aromatic N) is 1. The highest BCUT2D eigenvalue weighted by Crippen LogP contribution is 2.32. The third-order valence-corrected chi connectivity index (χ3v) is 7.11. The van der Waals surface area contributed by atoms with Crippen molar-refractivity contribution in [1.29, 1.82) is 0 Å². The largest absolute Gasteiger partial charge is 0.493 e. The second-order valence-electron chi connectivity index (χ2n) is 9.46. The topological polar surface area (TPSA) is 101 Å². The Bertz CT molecular complexity index is 1070. The Balaban J connectivity index is 1.19. The lowest BCUT2D eigenvalue weighted by Crippen LogP contribution is -2.30. The molecule has 33 heavy (non-hydrogen) atoms. The number of carboxylic acid groups (broad SMARTS) is 1. The second kappa shape index (κ2) is 9.41. The average molecular weight is 450 g/mol. The van der Waals surface area contributed by atoms with Gasteiger partial charge in [0.2, 0.25) is 5.91 Å². The number of aryl methyl sites for hydroxylation is 2. The molecule has 1 aromatic heterocycles. The van der Waals surface area contributed by atoms with Gasteiger partial charge in [0.1, 0.15) is 11.6 Å². The van der Waals surface area contributed by atoms with Crippen molar-refractivity contribution in [3.05, 3.63) is 52.2 Å². The maximum atomic E-state index is 12.8. The summed E-state index contributed by atoms with van der Waals surface area (Å²) in [5.41, 5.74) is 5.76. The highest BCUT2D eigenvalue weighted by Gasteiger charge is 2.25. The fourth-order valence-electron chi connectivity index (χ4n) is 5.27. The second-order valence-corrected chi connectivity index (χ2v) is 9.46. The molecule has 2 unspecified atom stereocenters. The van der Waals surface area contributed by atoms with E-state index in [1.165, 1.54) is 16.8 Å². The van der Waals surface area contributed by atoms with Gasteiger partial charge in [0.05, 0.1) is 19.1 Å². The summed E-state index contributed by atoms with van der Waals surface area (Å²) in [6, 6.07) is 7.51. The molecule has 0 saturated carbocycles. The minimum atomic E-state index is -0.936.